The Labute approximate surface area is 476 Å². The molecule has 6 nitrogen and oxygen atoms in total. The van der Waals surface area contributed by atoms with E-state index in [-0.39, 0.29) is 18.5 Å². The number of hydrogen-bond donors (Lipinski definition) is 3. The van der Waals surface area contributed by atoms with Gasteiger partial charge in [0.2, 0.25) is 5.91 Å². The van der Waals surface area contributed by atoms with E-state index in [9.17, 15) is 19.8 Å². The van der Waals surface area contributed by atoms with Gasteiger partial charge in [0.1, 0.15) is 0 Å². The zero-order chi connectivity index (χ0) is 55.0. The van der Waals surface area contributed by atoms with E-state index in [2.05, 4.69) is 31.3 Å². The molecule has 6 heteroatoms. The highest BCUT2D eigenvalue weighted by Gasteiger charge is 2.20. The van der Waals surface area contributed by atoms with Crippen molar-refractivity contribution in [3.05, 3.63) is 12.2 Å². The highest BCUT2D eigenvalue weighted by Crippen LogP contribution is 2.19. The highest BCUT2D eigenvalue weighted by atomic mass is 16.5. The maximum atomic E-state index is 12.5. The molecule has 2 unspecified atom stereocenters. The van der Waals surface area contributed by atoms with Crippen molar-refractivity contribution in [3.8, 4) is 0 Å². The fourth-order valence-electron chi connectivity index (χ4n) is 11.2. The molecule has 76 heavy (non-hydrogen) atoms. The van der Waals surface area contributed by atoms with Gasteiger partial charge in [-0.05, 0) is 51.4 Å². The van der Waals surface area contributed by atoms with Gasteiger partial charge in [0.25, 0.3) is 0 Å². The largest absolute Gasteiger partial charge is 0.466 e. The van der Waals surface area contributed by atoms with Crippen LogP contribution in [0.1, 0.15) is 399 Å². The van der Waals surface area contributed by atoms with Gasteiger partial charge in [-0.3, -0.25) is 9.59 Å². The summed E-state index contributed by atoms with van der Waals surface area (Å²) in [6.07, 6.45) is 81.0. The minimum Gasteiger partial charge on any atom is -0.466 e. The zero-order valence-electron chi connectivity index (χ0n) is 51.8. The molecule has 0 spiro atoms. The highest BCUT2D eigenvalue weighted by molar-refractivity contribution is 5.76. The van der Waals surface area contributed by atoms with Gasteiger partial charge >= 0.3 is 5.97 Å². The van der Waals surface area contributed by atoms with Crippen molar-refractivity contribution in [1.82, 2.24) is 5.32 Å². The van der Waals surface area contributed by atoms with Crippen molar-refractivity contribution >= 4 is 11.9 Å². The maximum absolute atomic E-state index is 12.5. The van der Waals surface area contributed by atoms with Gasteiger partial charge in [-0.1, -0.05) is 347 Å². The van der Waals surface area contributed by atoms with Crippen LogP contribution in [-0.2, 0) is 14.3 Å². The maximum Gasteiger partial charge on any atom is 0.305 e. The summed E-state index contributed by atoms with van der Waals surface area (Å²) in [6, 6.07) is -0.552. The molecule has 0 aliphatic carbocycles. The lowest BCUT2D eigenvalue weighted by Crippen LogP contribution is -2.45. The second-order valence-corrected chi connectivity index (χ2v) is 24.2. The third kappa shape index (κ3) is 61.8. The van der Waals surface area contributed by atoms with Crippen molar-refractivity contribution in [2.75, 3.05) is 13.2 Å². The number of ether oxygens (including phenoxy) is 1. The average Bonchev–Trinajstić information content (AvgIpc) is 3.42. The summed E-state index contributed by atoms with van der Waals surface area (Å²) in [5, 5.41) is 23.4. The molecule has 0 aliphatic rings. The predicted molar refractivity (Wildman–Crippen MR) is 333 cm³/mol. The van der Waals surface area contributed by atoms with Crippen molar-refractivity contribution in [2.24, 2.45) is 0 Å². The third-order valence-corrected chi connectivity index (χ3v) is 16.6. The number of aliphatic hydroxyl groups excluding tert-OH is 2. The molecule has 0 saturated carbocycles. The topological polar surface area (TPSA) is 95.9 Å². The molecule has 0 bridgehead atoms. The SMILES string of the molecule is CCCCCCCCCCCCCCCCCCCCCCCCCC(O)C(CO)NC(=O)CCCCCCC/C=C\CCCCCCCCCCCOC(=O)CCCCCCCCCCCCCCCCCCCC. The van der Waals surface area contributed by atoms with Crippen LogP contribution in [-0.4, -0.2) is 47.4 Å². The van der Waals surface area contributed by atoms with Gasteiger partial charge in [0.15, 0.2) is 0 Å². The minimum atomic E-state index is -0.674. The number of unbranched alkanes of at least 4 members (excludes halogenated alkanes) is 53. The van der Waals surface area contributed by atoms with E-state index in [1.807, 2.05) is 0 Å². The van der Waals surface area contributed by atoms with Crippen molar-refractivity contribution in [1.29, 1.82) is 0 Å². The fourth-order valence-corrected chi connectivity index (χ4v) is 11.2. The molecule has 3 N–H and O–H groups in total. The zero-order valence-corrected chi connectivity index (χ0v) is 51.8. The lowest BCUT2D eigenvalue weighted by molar-refractivity contribution is -0.143. The standard InChI is InChI=1S/C70H137NO5/c1-3-5-7-9-11-13-15-17-19-21-23-24-25-26-27-30-34-38-42-46-50-54-58-62-68(73)67(66-72)71-69(74)63-59-55-51-47-43-39-35-31-28-29-33-37-41-45-49-53-57-61-65-76-70(75)64-60-56-52-48-44-40-36-32-22-20-18-16-14-12-10-8-6-4-2/h31,35,67-68,72-73H,3-30,32-34,36-66H2,1-2H3,(H,71,74)/b35-31-. The van der Waals surface area contributed by atoms with Crippen LogP contribution in [0.25, 0.3) is 0 Å². The first-order valence-corrected chi connectivity index (χ1v) is 34.9. The Morgan fingerprint density at radius 3 is 0.934 bits per heavy atom. The van der Waals surface area contributed by atoms with Crippen LogP contribution in [0.3, 0.4) is 0 Å². The van der Waals surface area contributed by atoms with Gasteiger partial charge in [0.05, 0.1) is 25.4 Å². The van der Waals surface area contributed by atoms with Crippen LogP contribution in [0.2, 0.25) is 0 Å². The predicted octanol–water partition coefficient (Wildman–Crippen LogP) is 22.4. The van der Waals surface area contributed by atoms with Gasteiger partial charge < -0.3 is 20.3 Å². The molecule has 0 aromatic carbocycles. The van der Waals surface area contributed by atoms with Gasteiger partial charge in [0, 0.05) is 12.8 Å². The quantitative estimate of drug-likeness (QED) is 0.0320. The van der Waals surface area contributed by atoms with E-state index < -0.39 is 12.1 Å². The minimum absolute atomic E-state index is 0.00879. The van der Waals surface area contributed by atoms with Crippen LogP contribution < -0.4 is 5.32 Å². The van der Waals surface area contributed by atoms with Crippen LogP contribution in [0.4, 0.5) is 0 Å². The van der Waals surface area contributed by atoms with E-state index in [0.717, 1.165) is 51.4 Å². The third-order valence-electron chi connectivity index (χ3n) is 16.6. The van der Waals surface area contributed by atoms with Crippen LogP contribution in [0.15, 0.2) is 12.2 Å². The molecule has 0 heterocycles. The molecule has 2 atom stereocenters. The molecule has 0 aliphatic heterocycles. The second kappa shape index (κ2) is 66.1. The summed E-state index contributed by atoms with van der Waals surface area (Å²) in [7, 11) is 0. The Hall–Kier alpha value is -1.40. The molecule has 0 aromatic rings. The Morgan fingerprint density at radius 1 is 0.355 bits per heavy atom. The Bertz CT molecular complexity index is 1140. The number of amides is 1. The van der Waals surface area contributed by atoms with Gasteiger partial charge in [-0.25, -0.2) is 0 Å². The first-order valence-electron chi connectivity index (χ1n) is 34.9. The lowest BCUT2D eigenvalue weighted by atomic mass is 10.0. The first-order chi connectivity index (χ1) is 37.5. The normalized spacial score (nSPS) is 12.5. The molecule has 0 fully saturated rings. The number of nitrogens with one attached hydrogen (secondary N) is 1. The molecule has 452 valence electrons. The fraction of sp³-hybridized carbons (Fsp3) is 0.943. The smallest absolute Gasteiger partial charge is 0.305 e. The number of carbonyl (C=O) groups excluding carboxylic acids is 2. The summed E-state index contributed by atoms with van der Waals surface area (Å²) < 4.78 is 5.50. The van der Waals surface area contributed by atoms with Crippen LogP contribution in [0.5, 0.6) is 0 Å². The van der Waals surface area contributed by atoms with Gasteiger partial charge in [-0.15, -0.1) is 0 Å². The molecule has 0 aromatic heterocycles. The summed E-state index contributed by atoms with van der Waals surface area (Å²) >= 11 is 0. The number of esters is 1. The monoisotopic (exact) mass is 1070 g/mol. The molecule has 0 saturated heterocycles. The Morgan fingerprint density at radius 2 is 0.618 bits per heavy atom. The van der Waals surface area contributed by atoms with Crippen molar-refractivity contribution < 1.29 is 24.5 Å². The van der Waals surface area contributed by atoms with E-state index in [4.69, 9.17) is 4.74 Å². The number of allylic oxidation sites excluding steroid dienone is 2. The van der Waals surface area contributed by atoms with Gasteiger partial charge in [-0.2, -0.15) is 0 Å². The molecule has 1 amide bonds. The Balaban J connectivity index is 3.42. The van der Waals surface area contributed by atoms with Crippen molar-refractivity contribution in [3.63, 3.8) is 0 Å². The summed E-state index contributed by atoms with van der Waals surface area (Å²) in [4.78, 5) is 24.7. The van der Waals surface area contributed by atoms with E-state index >= 15 is 0 Å². The van der Waals surface area contributed by atoms with E-state index in [1.165, 1.54) is 315 Å². The lowest BCUT2D eigenvalue weighted by Gasteiger charge is -2.22. The number of aliphatic hydroxyl groups is 2. The van der Waals surface area contributed by atoms with Crippen LogP contribution in [0, 0.1) is 0 Å². The summed E-state index contributed by atoms with van der Waals surface area (Å²) in [5.41, 5.74) is 0. The molecular formula is C70H137NO5. The molecule has 0 radical (unpaired) electrons. The summed E-state index contributed by atoms with van der Waals surface area (Å²) in [6.45, 7) is 4.99. The van der Waals surface area contributed by atoms with Crippen LogP contribution >= 0.6 is 0 Å². The average molecular weight is 1070 g/mol. The number of rotatable bonds is 66. The first kappa shape index (κ1) is 74.6. The van der Waals surface area contributed by atoms with Crippen molar-refractivity contribution in [2.45, 2.75) is 411 Å². The second-order valence-electron chi connectivity index (χ2n) is 24.2. The van der Waals surface area contributed by atoms with E-state index in [0.29, 0.717) is 25.9 Å². The molecule has 0 rings (SSSR count). The molecular weight excluding hydrogens is 935 g/mol. The number of carbonyl (C=O) groups is 2. The van der Waals surface area contributed by atoms with E-state index in [1.54, 1.807) is 0 Å². The summed E-state index contributed by atoms with van der Waals surface area (Å²) in [5.74, 6) is -0.0354. The number of hydrogen-bond acceptors (Lipinski definition) is 5. The Kier molecular flexibility index (Phi) is 64.9.